The average molecular weight is 541 g/mol. The molecule has 2 nitrogen and oxygen atoms in total. The molecule has 0 N–H and O–H groups in total. The Morgan fingerprint density at radius 3 is 2.02 bits per heavy atom. The third kappa shape index (κ3) is 4.55. The summed E-state index contributed by atoms with van der Waals surface area (Å²) >= 11 is 0. The SMILES string of the molecule is Cc1cnc(-c2cccc(-c3cc(-c4cc5ncccc5c5ccc(-c6ccccc6)cc45)c(C)cc3C)c2)cc1C. The molecule has 2 heterocycles. The minimum atomic E-state index is 1.00. The van der Waals surface area contributed by atoms with Crippen molar-refractivity contribution in [2.75, 3.05) is 0 Å². The van der Waals surface area contributed by atoms with Crippen molar-refractivity contribution in [1.82, 2.24) is 9.97 Å². The largest absolute Gasteiger partial charge is 0.256 e. The Hall–Kier alpha value is -5.08. The van der Waals surface area contributed by atoms with Crippen LogP contribution in [0.15, 0.2) is 122 Å². The number of fused-ring (bicyclic) bond motifs is 3. The van der Waals surface area contributed by atoms with E-state index in [9.17, 15) is 0 Å². The molecule has 0 atom stereocenters. The predicted molar refractivity (Wildman–Crippen MR) is 178 cm³/mol. The molecule has 0 bridgehead atoms. The predicted octanol–water partition coefficient (Wildman–Crippen LogP) is 10.7. The topological polar surface area (TPSA) is 25.8 Å². The molecule has 0 radical (unpaired) electrons. The van der Waals surface area contributed by atoms with Gasteiger partial charge in [0.15, 0.2) is 0 Å². The number of aryl methyl sites for hydroxylation is 4. The lowest BCUT2D eigenvalue weighted by Crippen LogP contribution is -1.94. The lowest BCUT2D eigenvalue weighted by atomic mass is 9.87. The lowest BCUT2D eigenvalue weighted by molar-refractivity contribution is 1.22. The molecule has 0 aliphatic carbocycles. The zero-order chi connectivity index (χ0) is 28.8. The molecular weight excluding hydrogens is 508 g/mol. The van der Waals surface area contributed by atoms with Gasteiger partial charge in [0, 0.05) is 23.3 Å². The van der Waals surface area contributed by atoms with E-state index >= 15 is 0 Å². The maximum Gasteiger partial charge on any atom is 0.0714 e. The van der Waals surface area contributed by atoms with Gasteiger partial charge in [0.2, 0.25) is 0 Å². The minimum absolute atomic E-state index is 1.00. The van der Waals surface area contributed by atoms with Gasteiger partial charge < -0.3 is 0 Å². The number of rotatable bonds is 4. The standard InChI is InChI=1S/C40H32N2/c1-25-19-39(42-24-28(25)4)32-13-8-12-31(20-32)35-22-36(27(3)18-26(35)2)38-23-40-34(14-9-17-41-40)33-16-15-30(21-37(33)38)29-10-6-5-7-11-29/h5-24H,1-4H3. The smallest absolute Gasteiger partial charge is 0.0714 e. The summed E-state index contributed by atoms with van der Waals surface area (Å²) in [7, 11) is 0. The molecule has 7 rings (SSSR count). The van der Waals surface area contributed by atoms with Crippen molar-refractivity contribution in [2.24, 2.45) is 0 Å². The van der Waals surface area contributed by atoms with E-state index in [1.54, 1.807) is 0 Å². The second-order valence-electron chi connectivity index (χ2n) is 11.3. The van der Waals surface area contributed by atoms with Crippen LogP contribution in [0.5, 0.6) is 0 Å². The van der Waals surface area contributed by atoms with Gasteiger partial charge in [0.05, 0.1) is 11.2 Å². The first-order chi connectivity index (χ1) is 20.5. The number of hydrogen-bond donors (Lipinski definition) is 0. The number of nitrogens with zero attached hydrogens (tertiary/aromatic N) is 2. The number of benzene rings is 5. The van der Waals surface area contributed by atoms with Crippen LogP contribution in [0.2, 0.25) is 0 Å². The van der Waals surface area contributed by atoms with Gasteiger partial charge >= 0.3 is 0 Å². The maximum atomic E-state index is 4.78. The minimum Gasteiger partial charge on any atom is -0.256 e. The van der Waals surface area contributed by atoms with Crippen molar-refractivity contribution >= 4 is 21.7 Å². The van der Waals surface area contributed by atoms with Crippen LogP contribution in [0.4, 0.5) is 0 Å². The monoisotopic (exact) mass is 540 g/mol. The molecule has 0 amide bonds. The Morgan fingerprint density at radius 2 is 1.19 bits per heavy atom. The van der Waals surface area contributed by atoms with E-state index in [0.717, 1.165) is 16.8 Å². The highest BCUT2D eigenvalue weighted by Gasteiger charge is 2.15. The molecule has 0 fully saturated rings. The van der Waals surface area contributed by atoms with E-state index in [1.165, 1.54) is 71.8 Å². The van der Waals surface area contributed by atoms with Gasteiger partial charge in [-0.25, -0.2) is 0 Å². The Labute approximate surface area is 247 Å². The molecule has 2 heteroatoms. The molecule has 0 saturated carbocycles. The van der Waals surface area contributed by atoms with Crippen molar-refractivity contribution in [1.29, 1.82) is 0 Å². The summed E-state index contributed by atoms with van der Waals surface area (Å²) in [5, 5.41) is 3.64. The van der Waals surface area contributed by atoms with E-state index in [1.807, 2.05) is 18.5 Å². The summed E-state index contributed by atoms with van der Waals surface area (Å²) in [4.78, 5) is 9.51. The van der Waals surface area contributed by atoms with Gasteiger partial charge in [-0.1, -0.05) is 72.8 Å². The number of hydrogen-bond acceptors (Lipinski definition) is 2. The van der Waals surface area contributed by atoms with Crippen molar-refractivity contribution in [3.05, 3.63) is 144 Å². The van der Waals surface area contributed by atoms with E-state index in [2.05, 4.69) is 131 Å². The number of pyridine rings is 2. The first kappa shape index (κ1) is 25.9. The van der Waals surface area contributed by atoms with Crippen molar-refractivity contribution in [3.8, 4) is 44.6 Å². The van der Waals surface area contributed by atoms with Crippen LogP contribution in [-0.2, 0) is 0 Å². The Balaban J connectivity index is 1.44. The van der Waals surface area contributed by atoms with Crippen LogP contribution < -0.4 is 0 Å². The molecular formula is C40H32N2. The van der Waals surface area contributed by atoms with E-state index < -0.39 is 0 Å². The van der Waals surface area contributed by atoms with Gasteiger partial charge in [-0.15, -0.1) is 0 Å². The zero-order valence-corrected chi connectivity index (χ0v) is 24.4. The third-order valence-corrected chi connectivity index (χ3v) is 8.53. The first-order valence-electron chi connectivity index (χ1n) is 14.5. The fourth-order valence-electron chi connectivity index (χ4n) is 6.09. The second-order valence-corrected chi connectivity index (χ2v) is 11.3. The molecule has 2 aromatic heterocycles. The van der Waals surface area contributed by atoms with Crippen LogP contribution in [0, 0.1) is 27.7 Å². The molecule has 0 saturated heterocycles. The molecule has 42 heavy (non-hydrogen) atoms. The maximum absolute atomic E-state index is 4.78. The van der Waals surface area contributed by atoms with Gasteiger partial charge in [0.1, 0.15) is 0 Å². The van der Waals surface area contributed by atoms with Crippen LogP contribution in [-0.4, -0.2) is 9.97 Å². The van der Waals surface area contributed by atoms with E-state index in [0.29, 0.717) is 0 Å². The van der Waals surface area contributed by atoms with Crippen LogP contribution >= 0.6 is 0 Å². The van der Waals surface area contributed by atoms with Gasteiger partial charge in [-0.3, -0.25) is 9.97 Å². The highest BCUT2D eigenvalue weighted by molar-refractivity contribution is 6.14. The molecule has 0 spiro atoms. The third-order valence-electron chi connectivity index (χ3n) is 8.53. The molecule has 7 aromatic rings. The summed E-state index contributed by atoms with van der Waals surface area (Å²) in [6.07, 6.45) is 3.85. The first-order valence-corrected chi connectivity index (χ1v) is 14.5. The lowest BCUT2D eigenvalue weighted by Gasteiger charge is -2.17. The fraction of sp³-hybridized carbons (Fsp3) is 0.100. The summed E-state index contributed by atoms with van der Waals surface area (Å²) < 4.78 is 0. The Bertz CT molecular complexity index is 2120. The summed E-state index contributed by atoms with van der Waals surface area (Å²) in [5.74, 6) is 0. The summed E-state index contributed by atoms with van der Waals surface area (Å²) in [6.45, 7) is 8.68. The van der Waals surface area contributed by atoms with Gasteiger partial charge in [-0.2, -0.15) is 0 Å². The molecule has 0 aliphatic heterocycles. The fourth-order valence-corrected chi connectivity index (χ4v) is 6.09. The van der Waals surface area contributed by atoms with Crippen LogP contribution in [0.3, 0.4) is 0 Å². The average Bonchev–Trinajstić information content (AvgIpc) is 3.02. The Kier molecular flexibility index (Phi) is 6.40. The van der Waals surface area contributed by atoms with Crippen molar-refractivity contribution < 1.29 is 0 Å². The normalized spacial score (nSPS) is 11.3. The van der Waals surface area contributed by atoms with Crippen molar-refractivity contribution in [3.63, 3.8) is 0 Å². The Morgan fingerprint density at radius 1 is 0.405 bits per heavy atom. The summed E-state index contributed by atoms with van der Waals surface area (Å²) in [6, 6.07) is 39.6. The zero-order valence-electron chi connectivity index (χ0n) is 24.4. The second kappa shape index (κ2) is 10.4. The summed E-state index contributed by atoms with van der Waals surface area (Å²) in [5.41, 5.74) is 15.4. The van der Waals surface area contributed by atoms with Gasteiger partial charge in [-0.05, 0) is 131 Å². The molecule has 5 aromatic carbocycles. The molecule has 202 valence electrons. The van der Waals surface area contributed by atoms with Crippen molar-refractivity contribution in [2.45, 2.75) is 27.7 Å². The van der Waals surface area contributed by atoms with E-state index in [-0.39, 0.29) is 0 Å². The highest BCUT2D eigenvalue weighted by atomic mass is 14.7. The highest BCUT2D eigenvalue weighted by Crippen LogP contribution is 2.40. The van der Waals surface area contributed by atoms with E-state index in [4.69, 9.17) is 9.97 Å². The number of aromatic nitrogens is 2. The van der Waals surface area contributed by atoms with Crippen LogP contribution in [0.25, 0.3) is 66.3 Å². The molecule has 0 unspecified atom stereocenters. The van der Waals surface area contributed by atoms with Gasteiger partial charge in [0.25, 0.3) is 0 Å². The van der Waals surface area contributed by atoms with Crippen LogP contribution in [0.1, 0.15) is 22.3 Å². The molecule has 0 aliphatic rings. The quantitative estimate of drug-likeness (QED) is 0.208.